The number of ketones is 1. The molecule has 0 aliphatic carbocycles. The molecule has 143 heavy (non-hydrogen) atoms. The number of carboxylic acids is 1. The Hall–Kier alpha value is -8.93. The molecule has 2 rings (SSSR count). The maximum atomic E-state index is 12.1. The predicted molar refractivity (Wildman–Crippen MR) is 510 cm³/mol. The van der Waals surface area contributed by atoms with Gasteiger partial charge in [-0.1, -0.05) is 62.3 Å². The summed E-state index contributed by atoms with van der Waals surface area (Å²) >= 11 is 1.33. The summed E-state index contributed by atoms with van der Waals surface area (Å²) in [7, 11) is 7.05. The molecule has 52 nitrogen and oxygen atoms in total. The molecular formula is C90H165N11O41S. The van der Waals surface area contributed by atoms with E-state index in [-0.39, 0.29) is 355 Å². The molecule has 16 N–H and O–H groups in total. The van der Waals surface area contributed by atoms with E-state index in [1.54, 1.807) is 20.1 Å². The minimum Gasteiger partial charge on any atom is -0.481 e. The lowest BCUT2D eigenvalue weighted by atomic mass is 10.00. The highest BCUT2D eigenvalue weighted by atomic mass is 32.2. The van der Waals surface area contributed by atoms with Crippen molar-refractivity contribution in [3.05, 3.63) is 0 Å². The molecule has 2 saturated heterocycles. The van der Waals surface area contributed by atoms with E-state index < -0.39 is 79.8 Å². The third kappa shape index (κ3) is 72.9. The number of aliphatic hydroxyl groups is 6. The van der Waals surface area contributed by atoms with Crippen LogP contribution in [-0.4, -0.2) is 441 Å². The van der Waals surface area contributed by atoms with E-state index in [0.29, 0.717) is 38.5 Å². The van der Waals surface area contributed by atoms with E-state index in [0.717, 1.165) is 9.80 Å². The third-order valence-electron chi connectivity index (χ3n) is 20.1. The second-order valence-corrected chi connectivity index (χ2v) is 32.2. The number of imide groups is 2. The highest BCUT2D eigenvalue weighted by molar-refractivity contribution is 8.00. The fourth-order valence-corrected chi connectivity index (χ4v) is 11.8. The monoisotopic (exact) mass is 2090 g/mol. The van der Waals surface area contributed by atoms with Crippen LogP contribution in [0.5, 0.6) is 0 Å². The van der Waals surface area contributed by atoms with Gasteiger partial charge in [-0.05, 0) is 44.8 Å². The van der Waals surface area contributed by atoms with E-state index in [1.807, 2.05) is 34.6 Å². The van der Waals surface area contributed by atoms with Gasteiger partial charge in [-0.3, -0.25) is 72.1 Å². The zero-order valence-corrected chi connectivity index (χ0v) is 86.5. The summed E-state index contributed by atoms with van der Waals surface area (Å²) in [6.07, 6.45) is -2.03. The Labute approximate surface area is 842 Å². The maximum absolute atomic E-state index is 12.1. The van der Waals surface area contributed by atoms with E-state index in [1.165, 1.54) is 61.2 Å². The number of thioether (sulfide) groups is 1. The van der Waals surface area contributed by atoms with Gasteiger partial charge in [0.05, 0.1) is 135 Å². The van der Waals surface area contributed by atoms with Gasteiger partial charge in [0.25, 0.3) is 0 Å². The molecular weight excluding hydrogens is 1920 g/mol. The van der Waals surface area contributed by atoms with Crippen molar-refractivity contribution in [2.45, 2.75) is 232 Å². The number of aliphatic carboxylic acids is 1. The number of hydrogen-bond acceptors (Lipinski definition) is 41. The van der Waals surface area contributed by atoms with Crippen LogP contribution in [-0.2, 0) is 148 Å². The minimum atomic E-state index is -1.13. The average molecular weight is 2090 g/mol. The molecule has 13 unspecified atom stereocenters. The van der Waals surface area contributed by atoms with Gasteiger partial charge >= 0.3 is 30.2 Å². The summed E-state index contributed by atoms with van der Waals surface area (Å²) in [4.78, 5) is 190. The smallest absolute Gasteiger partial charge is 0.407 e. The van der Waals surface area contributed by atoms with E-state index in [9.17, 15) is 76.7 Å². The molecule has 0 aromatic heterocycles. The van der Waals surface area contributed by atoms with Crippen LogP contribution in [0.4, 0.5) is 14.4 Å². The van der Waals surface area contributed by atoms with Gasteiger partial charge in [0.15, 0.2) is 31.5 Å². The van der Waals surface area contributed by atoms with Gasteiger partial charge in [0.2, 0.25) is 59.1 Å². The SMILES string of the molecule is CCC(CO)OC(CO)OC.CCC(CO)OC(COC(=O)NCCC(=O)NCCNC(=O)CCOCCOCCNC(=O)CCN1C(=O)C(C)C(C)C1=O)OC.CCC(CO)OC(COC(=O)NCCC(=O)NCCNC(=O)CCOCCOCCNC(=O)CCN1C(=O)CC(SC)C1=O)OC.CCC(CO)OC(COC(=O)NCCC(=O)O)OC.[2H]C(C)(C)C(=O)CCCC(=O)OCC(OC)OC(CC)CO. The van der Waals surface area contributed by atoms with Gasteiger partial charge in [0.1, 0.15) is 32.2 Å². The Balaban J connectivity index is -0.00000188. The first-order chi connectivity index (χ1) is 68.7. The summed E-state index contributed by atoms with van der Waals surface area (Å²) < 4.78 is 100. The van der Waals surface area contributed by atoms with Crippen molar-refractivity contribution in [3.63, 3.8) is 0 Å². The average Bonchev–Trinajstić information content (AvgIpc) is 1.67. The number of carboxylic acid groups (broad SMARTS) is 1. The van der Waals surface area contributed by atoms with Crippen LogP contribution >= 0.6 is 11.8 Å². The molecule has 13 atom stereocenters. The fraction of sp³-hybridized carbons (Fsp3) is 0.822. The normalized spacial score (nSPS) is 16.0. The molecule has 2 aliphatic heterocycles. The zero-order chi connectivity index (χ0) is 109. The largest absolute Gasteiger partial charge is 0.481 e. The van der Waals surface area contributed by atoms with Crippen LogP contribution in [0.1, 0.15) is 166 Å². The number of rotatable bonds is 79. The Kier molecular flexibility index (Phi) is 86.2. The molecule has 0 spiro atoms. The summed E-state index contributed by atoms with van der Waals surface area (Å²) in [5.74, 6) is -6.18. The van der Waals surface area contributed by atoms with Crippen molar-refractivity contribution in [3.8, 4) is 0 Å². The van der Waals surface area contributed by atoms with Crippen LogP contribution in [0.15, 0.2) is 0 Å². The van der Waals surface area contributed by atoms with Crippen molar-refractivity contribution >= 4 is 107 Å². The molecule has 0 aromatic rings. The lowest BCUT2D eigenvalue weighted by Gasteiger charge is -2.21. The summed E-state index contributed by atoms with van der Waals surface area (Å²) in [6, 6.07) is 0. The number of methoxy groups -OCH3 is 5. The number of amides is 13. The van der Waals surface area contributed by atoms with Crippen LogP contribution in [0.3, 0.4) is 0 Å². The highest BCUT2D eigenvalue weighted by Gasteiger charge is 2.42. The summed E-state index contributed by atoms with van der Waals surface area (Å²) in [5, 5.41) is 84.8. The Bertz CT molecular complexity index is 3480. The molecule has 2 heterocycles. The predicted octanol–water partition coefficient (Wildman–Crippen LogP) is -1.45. The van der Waals surface area contributed by atoms with E-state index in [4.69, 9.17) is 122 Å². The van der Waals surface area contributed by atoms with Crippen molar-refractivity contribution in [2.24, 2.45) is 17.7 Å². The first kappa shape index (κ1) is 136. The maximum Gasteiger partial charge on any atom is 0.407 e. The Morgan fingerprint density at radius 3 is 0.965 bits per heavy atom. The fourth-order valence-electron chi connectivity index (χ4n) is 11.1. The second kappa shape index (κ2) is 90.6. The van der Waals surface area contributed by atoms with Gasteiger partial charge < -0.3 is 169 Å². The number of hydrogen-bond donors (Lipinski definition) is 16. The number of ether oxygens (including phenoxy) is 18. The zero-order valence-electron chi connectivity index (χ0n) is 86.6. The van der Waals surface area contributed by atoms with Crippen molar-refractivity contribution < 1.29 is 199 Å². The summed E-state index contributed by atoms with van der Waals surface area (Å²) in [6.45, 7) is 17.9. The Morgan fingerprint density at radius 1 is 0.364 bits per heavy atom. The van der Waals surface area contributed by atoms with E-state index in [2.05, 4.69) is 47.9 Å². The van der Waals surface area contributed by atoms with Gasteiger partial charge in [-0.25, -0.2) is 14.4 Å². The number of likely N-dealkylation sites (tertiary alicyclic amines) is 2. The first-order valence-electron chi connectivity index (χ1n) is 48.1. The van der Waals surface area contributed by atoms with Gasteiger partial charge in [0, 0.05) is 184 Å². The minimum absolute atomic E-state index is 0.0130. The quantitative estimate of drug-likeness (QED) is 0.0109. The van der Waals surface area contributed by atoms with Crippen molar-refractivity contribution in [1.29, 1.82) is 0 Å². The molecule has 0 aromatic carbocycles. The van der Waals surface area contributed by atoms with Crippen molar-refractivity contribution in [2.75, 3.05) is 233 Å². The number of carbonyl (C=O) groups is 16. The molecule has 2 fully saturated rings. The number of nitrogens with zero attached hydrogens (tertiary/aromatic N) is 2. The number of aliphatic hydroxyl groups excluding tert-OH is 6. The lowest BCUT2D eigenvalue weighted by Crippen LogP contribution is -2.37. The van der Waals surface area contributed by atoms with Gasteiger partial charge in [-0.2, -0.15) is 11.8 Å². The topological polar surface area (TPSA) is 696 Å². The Morgan fingerprint density at radius 2 is 0.664 bits per heavy atom. The molecule has 832 valence electrons. The highest BCUT2D eigenvalue weighted by Crippen LogP contribution is 2.26. The van der Waals surface area contributed by atoms with Crippen LogP contribution < -0.4 is 47.9 Å². The van der Waals surface area contributed by atoms with E-state index >= 15 is 0 Å². The van der Waals surface area contributed by atoms with Crippen LogP contribution in [0.25, 0.3) is 0 Å². The van der Waals surface area contributed by atoms with Crippen molar-refractivity contribution in [1.82, 2.24) is 57.7 Å². The molecule has 53 heteroatoms. The number of carbonyl (C=O) groups excluding carboxylic acids is 15. The number of Topliss-reactive ketones (excluding diaryl/α,β-unsaturated/α-hetero) is 1. The number of esters is 1. The molecule has 0 bridgehead atoms. The summed E-state index contributed by atoms with van der Waals surface area (Å²) in [5.41, 5.74) is 0. The molecule has 13 amide bonds. The standard InChI is InChI=1S/C29H51N5O12.C28H49N5O12S.C15H28O6.C11H21NO7.C7H16O4/c1-5-22(18-35)46-26(42-4)19-45-29(41)33-9-6-23(36)30-10-11-31-25(38)8-14-43-16-17-44-15-12-32-24(37)7-13-34-27(39)20(2)21(3)28(34)40;1-4-20(18-34)45-26(41-2)19-44-28(40)32-8-5-22(35)29-9-10-30-24(37)7-13-42-15-16-43-14-11-31-23(36)6-12-33-25(38)17-21(46-3)27(33)39;1-5-12(9-16)21-15(19-4)10-20-14(18)8-6-7-13(17)11(2)3;1-3-8(6-13)19-10(17-2)7-18-11(16)12-5-4-9(14)15;1-3-6(4-8)11-7(5-9)10-2/h20-22,26,35H,5-19H2,1-4H3,(H,30,36)(H,31,38)(H,32,37)(H,33,41);20-21,26,34H,4-19H2,1-3H3,(H,29,35)(H,30,37)(H,31,36)(H,32,40);11-12,15-16H,5-10H2,1-4H3;8,10,13H,3-7H2,1-2H3,(H,12,16)(H,14,15);6-9H,3-5H2,1-2H3/i;;11D;;. The number of nitrogens with one attached hydrogen (secondary N) is 9. The third-order valence-corrected chi connectivity index (χ3v) is 21.1. The number of alkyl carbamates (subject to hydrolysis) is 3. The van der Waals surface area contributed by atoms with Crippen LogP contribution in [0, 0.1) is 17.7 Å². The molecule has 0 radical (unpaired) electrons. The second-order valence-electron chi connectivity index (χ2n) is 31.2. The van der Waals surface area contributed by atoms with Gasteiger partial charge in [-0.15, -0.1) is 0 Å². The van der Waals surface area contributed by atoms with Crippen LogP contribution in [0.2, 0.25) is 0 Å². The molecule has 2 aliphatic rings. The lowest BCUT2D eigenvalue weighted by molar-refractivity contribution is -0.194. The first-order valence-corrected chi connectivity index (χ1v) is 48.8. The molecule has 0 saturated carbocycles.